The van der Waals surface area contributed by atoms with Crippen LogP contribution >= 0.6 is 0 Å². The summed E-state index contributed by atoms with van der Waals surface area (Å²) >= 11 is 0. The average molecular weight is 417 g/mol. The standard InChI is InChI=1S/C27H32N2O2/c1-7-22(23-10-8-21(16-28)9-11-23)12-13-26(30)25-15-24(17(2)14-18(25)3)19(4)20(5)27(29)31-6/h8-11,14-15,22,29H,7,12-13H2,1-6H3/b20-19+,29-27?. The number of aryl methyl sites for hydroxylation is 2. The third kappa shape index (κ3) is 5.70. The van der Waals surface area contributed by atoms with E-state index in [0.29, 0.717) is 12.0 Å². The minimum Gasteiger partial charge on any atom is -0.481 e. The van der Waals surface area contributed by atoms with Crippen molar-refractivity contribution in [2.75, 3.05) is 7.11 Å². The van der Waals surface area contributed by atoms with Crippen molar-refractivity contribution < 1.29 is 9.53 Å². The minimum atomic E-state index is 0.137. The van der Waals surface area contributed by atoms with Gasteiger partial charge in [-0.05, 0) is 92.5 Å². The van der Waals surface area contributed by atoms with Gasteiger partial charge in [0.15, 0.2) is 5.78 Å². The smallest absolute Gasteiger partial charge is 0.208 e. The molecular formula is C27H32N2O2. The van der Waals surface area contributed by atoms with Gasteiger partial charge in [-0.1, -0.05) is 25.1 Å². The van der Waals surface area contributed by atoms with Crippen molar-refractivity contribution >= 4 is 17.3 Å². The van der Waals surface area contributed by atoms with E-state index in [2.05, 4.69) is 13.0 Å². The van der Waals surface area contributed by atoms with Gasteiger partial charge in [0.2, 0.25) is 5.90 Å². The van der Waals surface area contributed by atoms with Gasteiger partial charge in [0.25, 0.3) is 0 Å². The number of hydrogen-bond donors (Lipinski definition) is 1. The van der Waals surface area contributed by atoms with Crippen molar-refractivity contribution in [2.24, 2.45) is 0 Å². The van der Waals surface area contributed by atoms with Crippen LogP contribution in [0.15, 0.2) is 42.0 Å². The first-order valence-electron chi connectivity index (χ1n) is 10.7. The summed E-state index contributed by atoms with van der Waals surface area (Å²) in [5.74, 6) is 0.560. The molecule has 0 amide bonds. The van der Waals surface area contributed by atoms with E-state index in [-0.39, 0.29) is 17.6 Å². The molecule has 4 heteroatoms. The number of carbonyl (C=O) groups is 1. The summed E-state index contributed by atoms with van der Waals surface area (Å²) in [5.41, 5.74) is 7.31. The van der Waals surface area contributed by atoms with E-state index in [1.54, 1.807) is 0 Å². The van der Waals surface area contributed by atoms with Gasteiger partial charge in [0.1, 0.15) is 0 Å². The lowest BCUT2D eigenvalue weighted by molar-refractivity contribution is 0.0976. The molecule has 0 bridgehead atoms. The van der Waals surface area contributed by atoms with Crippen molar-refractivity contribution in [2.45, 2.75) is 59.8 Å². The fraction of sp³-hybridized carbons (Fsp3) is 0.370. The predicted molar refractivity (Wildman–Crippen MR) is 127 cm³/mol. The number of allylic oxidation sites excluding steroid dienone is 1. The maximum Gasteiger partial charge on any atom is 0.208 e. The second kappa shape index (κ2) is 10.7. The first-order chi connectivity index (χ1) is 14.7. The number of carbonyl (C=O) groups excluding carboxylic acids is 1. The molecule has 0 radical (unpaired) electrons. The lowest BCUT2D eigenvalue weighted by Gasteiger charge is -2.17. The topological polar surface area (TPSA) is 73.9 Å². The minimum absolute atomic E-state index is 0.137. The number of benzene rings is 2. The van der Waals surface area contributed by atoms with Gasteiger partial charge in [-0.25, -0.2) is 0 Å². The maximum atomic E-state index is 13.1. The average Bonchev–Trinajstić information content (AvgIpc) is 2.78. The zero-order valence-corrected chi connectivity index (χ0v) is 19.4. The van der Waals surface area contributed by atoms with Crippen molar-refractivity contribution in [3.05, 3.63) is 75.4 Å². The summed E-state index contributed by atoms with van der Waals surface area (Å²) in [6, 6.07) is 13.8. The fourth-order valence-electron chi connectivity index (χ4n) is 3.96. The van der Waals surface area contributed by atoms with Crippen LogP contribution in [0, 0.1) is 30.6 Å². The molecule has 0 aliphatic rings. The maximum absolute atomic E-state index is 13.1. The highest BCUT2D eigenvalue weighted by molar-refractivity contribution is 6.01. The Bertz CT molecular complexity index is 1040. The highest BCUT2D eigenvalue weighted by Crippen LogP contribution is 2.29. The molecule has 0 heterocycles. The van der Waals surface area contributed by atoms with E-state index in [4.69, 9.17) is 15.4 Å². The van der Waals surface area contributed by atoms with Crippen molar-refractivity contribution in [1.82, 2.24) is 0 Å². The van der Waals surface area contributed by atoms with E-state index >= 15 is 0 Å². The number of nitriles is 1. The van der Waals surface area contributed by atoms with Crippen LogP contribution in [0.4, 0.5) is 0 Å². The number of nitrogens with zero attached hydrogens (tertiary/aromatic N) is 1. The highest BCUT2D eigenvalue weighted by Gasteiger charge is 2.17. The first kappa shape index (κ1) is 24.1. The summed E-state index contributed by atoms with van der Waals surface area (Å²) in [6.07, 6.45) is 2.18. The molecule has 0 aliphatic heterocycles. The van der Waals surface area contributed by atoms with Gasteiger partial charge in [0.05, 0.1) is 18.7 Å². The van der Waals surface area contributed by atoms with Crippen LogP contribution in [-0.4, -0.2) is 18.8 Å². The first-order valence-corrected chi connectivity index (χ1v) is 10.7. The molecule has 31 heavy (non-hydrogen) atoms. The van der Waals surface area contributed by atoms with E-state index in [9.17, 15) is 4.79 Å². The molecule has 0 saturated heterocycles. The summed E-state index contributed by atoms with van der Waals surface area (Å²) in [7, 11) is 1.49. The van der Waals surface area contributed by atoms with Gasteiger partial charge >= 0.3 is 0 Å². The monoisotopic (exact) mass is 416 g/mol. The van der Waals surface area contributed by atoms with Crippen LogP contribution in [0.2, 0.25) is 0 Å². The molecule has 162 valence electrons. The molecule has 2 rings (SSSR count). The van der Waals surface area contributed by atoms with Gasteiger partial charge in [0, 0.05) is 17.6 Å². The molecular weight excluding hydrogens is 384 g/mol. The van der Waals surface area contributed by atoms with Gasteiger partial charge in [-0.3, -0.25) is 10.2 Å². The zero-order chi connectivity index (χ0) is 23.1. The predicted octanol–water partition coefficient (Wildman–Crippen LogP) is 6.75. The number of methoxy groups -OCH3 is 1. The molecule has 1 atom stereocenters. The molecule has 4 nitrogen and oxygen atoms in total. The Morgan fingerprint density at radius 2 is 1.71 bits per heavy atom. The summed E-state index contributed by atoms with van der Waals surface area (Å²) in [4.78, 5) is 13.1. The van der Waals surface area contributed by atoms with Gasteiger partial charge < -0.3 is 4.74 Å². The molecule has 0 spiro atoms. The van der Waals surface area contributed by atoms with Crippen LogP contribution in [0.5, 0.6) is 0 Å². The Labute approximate surface area is 186 Å². The molecule has 2 aromatic carbocycles. The number of ketones is 1. The van der Waals surface area contributed by atoms with Crippen molar-refractivity contribution in [3.8, 4) is 6.07 Å². The molecule has 0 saturated carbocycles. The van der Waals surface area contributed by atoms with E-state index in [0.717, 1.165) is 46.2 Å². The van der Waals surface area contributed by atoms with Crippen molar-refractivity contribution in [1.29, 1.82) is 10.7 Å². The van der Waals surface area contributed by atoms with E-state index in [1.807, 2.05) is 64.1 Å². The van der Waals surface area contributed by atoms with Crippen LogP contribution < -0.4 is 0 Å². The number of rotatable bonds is 8. The summed E-state index contributed by atoms with van der Waals surface area (Å²) in [5, 5.41) is 16.9. The Balaban J connectivity index is 2.26. The number of ether oxygens (including phenoxy) is 1. The quantitative estimate of drug-likeness (QED) is 0.294. The lowest BCUT2D eigenvalue weighted by atomic mass is 9.87. The van der Waals surface area contributed by atoms with Crippen LogP contribution in [0.1, 0.15) is 84.1 Å². The molecule has 2 aromatic rings. The second-order valence-corrected chi connectivity index (χ2v) is 8.07. The number of nitrogens with one attached hydrogen (secondary N) is 1. The normalized spacial score (nSPS) is 12.5. The summed E-state index contributed by atoms with van der Waals surface area (Å²) in [6.45, 7) is 9.97. The number of hydrogen-bond acceptors (Lipinski definition) is 4. The second-order valence-electron chi connectivity index (χ2n) is 8.07. The van der Waals surface area contributed by atoms with Crippen molar-refractivity contribution in [3.63, 3.8) is 0 Å². The summed E-state index contributed by atoms with van der Waals surface area (Å²) < 4.78 is 5.07. The Kier molecular flexibility index (Phi) is 8.33. The highest BCUT2D eigenvalue weighted by atomic mass is 16.5. The Morgan fingerprint density at radius 1 is 1.10 bits per heavy atom. The third-order valence-corrected chi connectivity index (χ3v) is 6.11. The molecule has 0 aromatic heterocycles. The van der Waals surface area contributed by atoms with Gasteiger partial charge in [-0.2, -0.15) is 5.26 Å². The third-order valence-electron chi connectivity index (χ3n) is 6.11. The van der Waals surface area contributed by atoms with E-state index < -0.39 is 0 Å². The molecule has 0 fully saturated rings. The number of Topliss-reactive ketones (excluding diaryl/α,β-unsaturated/α-hetero) is 1. The van der Waals surface area contributed by atoms with Crippen LogP contribution in [-0.2, 0) is 4.74 Å². The lowest BCUT2D eigenvalue weighted by Crippen LogP contribution is -2.08. The van der Waals surface area contributed by atoms with Crippen LogP contribution in [0.25, 0.3) is 5.57 Å². The van der Waals surface area contributed by atoms with Crippen LogP contribution in [0.3, 0.4) is 0 Å². The van der Waals surface area contributed by atoms with Gasteiger partial charge in [-0.15, -0.1) is 0 Å². The largest absolute Gasteiger partial charge is 0.481 e. The molecule has 1 N–H and O–H groups in total. The Morgan fingerprint density at radius 3 is 2.26 bits per heavy atom. The zero-order valence-electron chi connectivity index (χ0n) is 19.4. The van der Waals surface area contributed by atoms with E-state index in [1.165, 1.54) is 12.7 Å². The fourth-order valence-corrected chi connectivity index (χ4v) is 3.96. The Hall–Kier alpha value is -3.19. The molecule has 1 unspecified atom stereocenters. The molecule has 0 aliphatic carbocycles. The SMILES string of the molecule is CCC(CCC(=O)c1cc(/C(C)=C(\C)C(=N)OC)c(C)cc1C)c1ccc(C#N)cc1.